The Morgan fingerprint density at radius 1 is 1.24 bits per heavy atom. The van der Waals surface area contributed by atoms with Crippen LogP contribution in [0.3, 0.4) is 0 Å². The minimum absolute atomic E-state index is 0.888. The molecule has 0 spiro atoms. The van der Waals surface area contributed by atoms with Gasteiger partial charge in [0.05, 0.1) is 12.0 Å². The maximum atomic E-state index is 4.53. The molecule has 3 rings (SSSR count). The Kier molecular flexibility index (Phi) is 2.41. The average molecular weight is 222 g/mol. The third kappa shape index (κ3) is 1.72. The largest absolute Gasteiger partial charge is 0.329 e. The van der Waals surface area contributed by atoms with Crippen LogP contribution in [-0.4, -0.2) is 9.55 Å². The van der Waals surface area contributed by atoms with Crippen LogP contribution in [0.15, 0.2) is 61.0 Å². The Morgan fingerprint density at radius 3 is 2.82 bits per heavy atom. The highest BCUT2D eigenvalue weighted by Gasteiger charge is 2.15. The van der Waals surface area contributed by atoms with Gasteiger partial charge < -0.3 is 4.57 Å². The fourth-order valence-corrected chi connectivity index (χ4v) is 2.23. The van der Waals surface area contributed by atoms with E-state index in [9.17, 15) is 0 Å². The number of hydrogen-bond donors (Lipinski definition) is 0. The van der Waals surface area contributed by atoms with Gasteiger partial charge in [-0.3, -0.25) is 0 Å². The van der Waals surface area contributed by atoms with Gasteiger partial charge in [-0.05, 0) is 5.57 Å². The van der Waals surface area contributed by atoms with Crippen LogP contribution < -0.4 is 0 Å². The summed E-state index contributed by atoms with van der Waals surface area (Å²) in [4.78, 5) is 4.53. The summed E-state index contributed by atoms with van der Waals surface area (Å²) < 4.78 is 2.21. The molecule has 2 heterocycles. The van der Waals surface area contributed by atoms with Gasteiger partial charge in [-0.25, -0.2) is 4.98 Å². The molecule has 0 atom stereocenters. The van der Waals surface area contributed by atoms with E-state index in [0.717, 1.165) is 18.7 Å². The number of allylic oxidation sites excluding steroid dienone is 3. The third-order valence-electron chi connectivity index (χ3n) is 3.17. The third-order valence-corrected chi connectivity index (χ3v) is 3.17. The van der Waals surface area contributed by atoms with Gasteiger partial charge in [0.2, 0.25) is 0 Å². The number of aromatic nitrogens is 2. The van der Waals surface area contributed by atoms with Crippen LogP contribution in [0.1, 0.15) is 5.69 Å². The summed E-state index contributed by atoms with van der Waals surface area (Å²) in [5, 5.41) is 0. The molecular formula is C15H14N2. The van der Waals surface area contributed by atoms with Crippen molar-refractivity contribution in [1.82, 2.24) is 9.55 Å². The first-order valence-corrected chi connectivity index (χ1v) is 5.79. The van der Waals surface area contributed by atoms with Gasteiger partial charge in [-0.15, -0.1) is 0 Å². The van der Waals surface area contributed by atoms with Crippen LogP contribution in [0.25, 0.3) is 11.3 Å². The number of rotatable bonds is 2. The minimum Gasteiger partial charge on any atom is -0.329 e. The molecule has 2 nitrogen and oxygen atoms in total. The highest BCUT2D eigenvalue weighted by atomic mass is 15.1. The summed E-state index contributed by atoms with van der Waals surface area (Å²) in [5.74, 6) is 0. The quantitative estimate of drug-likeness (QED) is 0.762. The first-order valence-electron chi connectivity index (χ1n) is 5.79. The number of benzene rings is 1. The fourth-order valence-electron chi connectivity index (χ4n) is 2.23. The molecule has 0 fully saturated rings. The first-order chi connectivity index (χ1) is 8.38. The summed E-state index contributed by atoms with van der Waals surface area (Å²) >= 11 is 0. The maximum Gasteiger partial charge on any atom is 0.0959 e. The molecule has 0 radical (unpaired) electrons. The Labute approximate surface area is 101 Å². The molecule has 1 aliphatic heterocycles. The van der Waals surface area contributed by atoms with Gasteiger partial charge in [-0.2, -0.15) is 0 Å². The molecule has 0 saturated heterocycles. The standard InChI is InChI=1S/C15H14N2/c1-2-12-8-9-14-15(16-11-17(14)10-12)13-6-4-3-5-7-13/h2-8,11H,1,9-10H2. The zero-order chi connectivity index (χ0) is 11.7. The van der Waals surface area contributed by atoms with Gasteiger partial charge in [0.15, 0.2) is 0 Å². The van der Waals surface area contributed by atoms with E-state index in [0.29, 0.717) is 0 Å². The van der Waals surface area contributed by atoms with E-state index in [2.05, 4.69) is 46.5 Å². The number of imidazole rings is 1. The van der Waals surface area contributed by atoms with Crippen molar-refractivity contribution in [3.63, 3.8) is 0 Å². The highest BCUT2D eigenvalue weighted by Crippen LogP contribution is 2.26. The van der Waals surface area contributed by atoms with E-state index in [-0.39, 0.29) is 0 Å². The minimum atomic E-state index is 0.888. The lowest BCUT2D eigenvalue weighted by Gasteiger charge is -2.14. The number of hydrogen-bond acceptors (Lipinski definition) is 1. The smallest absolute Gasteiger partial charge is 0.0959 e. The second-order valence-electron chi connectivity index (χ2n) is 4.22. The normalized spacial score (nSPS) is 14.0. The molecule has 2 aromatic rings. The predicted octanol–water partition coefficient (Wildman–Crippen LogP) is 3.22. The summed E-state index contributed by atoms with van der Waals surface area (Å²) in [6.45, 7) is 4.71. The van der Waals surface area contributed by atoms with Gasteiger partial charge >= 0.3 is 0 Å². The number of fused-ring (bicyclic) bond motifs is 1. The van der Waals surface area contributed by atoms with Gasteiger partial charge in [0.1, 0.15) is 0 Å². The van der Waals surface area contributed by atoms with E-state index in [4.69, 9.17) is 0 Å². The molecular weight excluding hydrogens is 208 g/mol. The van der Waals surface area contributed by atoms with Gasteiger partial charge in [0, 0.05) is 24.2 Å². The molecule has 1 aromatic heterocycles. The molecule has 0 bridgehead atoms. The van der Waals surface area contributed by atoms with E-state index >= 15 is 0 Å². The topological polar surface area (TPSA) is 17.8 Å². The summed E-state index contributed by atoms with van der Waals surface area (Å²) in [7, 11) is 0. The van der Waals surface area contributed by atoms with Crippen molar-refractivity contribution < 1.29 is 0 Å². The SMILES string of the molecule is C=CC1=CCc2c(-c3ccccc3)ncn2C1. The van der Waals surface area contributed by atoms with Crippen LogP contribution in [0, 0.1) is 0 Å². The fraction of sp³-hybridized carbons (Fsp3) is 0.133. The van der Waals surface area contributed by atoms with Crippen LogP contribution in [-0.2, 0) is 13.0 Å². The lowest BCUT2D eigenvalue weighted by molar-refractivity contribution is 0.730. The summed E-state index contributed by atoms with van der Waals surface area (Å²) in [5.41, 5.74) is 4.86. The van der Waals surface area contributed by atoms with Crippen LogP contribution in [0.5, 0.6) is 0 Å². The zero-order valence-electron chi connectivity index (χ0n) is 9.63. The molecule has 0 amide bonds. The van der Waals surface area contributed by atoms with Crippen LogP contribution in [0.2, 0.25) is 0 Å². The maximum absolute atomic E-state index is 4.53. The molecule has 0 N–H and O–H groups in total. The monoisotopic (exact) mass is 222 g/mol. The Morgan fingerprint density at radius 2 is 2.06 bits per heavy atom. The predicted molar refractivity (Wildman–Crippen MR) is 69.6 cm³/mol. The molecule has 84 valence electrons. The van der Waals surface area contributed by atoms with Gasteiger partial charge in [0.25, 0.3) is 0 Å². The number of nitrogens with zero attached hydrogens (tertiary/aromatic N) is 2. The van der Waals surface area contributed by atoms with E-state index in [1.165, 1.54) is 16.8 Å². The second-order valence-corrected chi connectivity index (χ2v) is 4.22. The zero-order valence-corrected chi connectivity index (χ0v) is 9.63. The molecule has 1 aliphatic rings. The summed E-state index contributed by atoms with van der Waals surface area (Å²) in [6, 6.07) is 10.3. The molecule has 1 aromatic carbocycles. The van der Waals surface area contributed by atoms with E-state index in [1.807, 2.05) is 18.5 Å². The molecule has 0 unspecified atom stereocenters. The van der Waals surface area contributed by atoms with Crippen LogP contribution >= 0.6 is 0 Å². The lowest BCUT2D eigenvalue weighted by Crippen LogP contribution is -2.08. The molecule has 0 saturated carbocycles. The van der Waals surface area contributed by atoms with Crippen LogP contribution in [0.4, 0.5) is 0 Å². The Hall–Kier alpha value is -2.09. The lowest BCUT2D eigenvalue weighted by atomic mass is 10.0. The van der Waals surface area contributed by atoms with Crippen molar-refractivity contribution in [1.29, 1.82) is 0 Å². The second kappa shape index (κ2) is 4.06. The van der Waals surface area contributed by atoms with Gasteiger partial charge in [-0.1, -0.05) is 49.1 Å². The summed E-state index contributed by atoms with van der Waals surface area (Å²) in [6.07, 6.45) is 7.02. The van der Waals surface area contributed by atoms with Crippen molar-refractivity contribution in [2.75, 3.05) is 0 Å². The highest BCUT2D eigenvalue weighted by molar-refractivity contribution is 5.62. The van der Waals surface area contributed by atoms with Crippen molar-refractivity contribution in [2.45, 2.75) is 13.0 Å². The van der Waals surface area contributed by atoms with E-state index in [1.54, 1.807) is 0 Å². The van der Waals surface area contributed by atoms with Crippen molar-refractivity contribution in [2.24, 2.45) is 0 Å². The Bertz CT molecular complexity index is 576. The van der Waals surface area contributed by atoms with Crippen molar-refractivity contribution >= 4 is 0 Å². The first kappa shape index (κ1) is 10.1. The van der Waals surface area contributed by atoms with E-state index < -0.39 is 0 Å². The molecule has 17 heavy (non-hydrogen) atoms. The Balaban J connectivity index is 2.03. The van der Waals surface area contributed by atoms with Crippen molar-refractivity contribution in [3.05, 3.63) is 66.7 Å². The van der Waals surface area contributed by atoms with Crippen molar-refractivity contribution in [3.8, 4) is 11.3 Å². The average Bonchev–Trinajstić information content (AvgIpc) is 2.82. The molecule has 0 aliphatic carbocycles. The molecule has 2 heteroatoms.